The summed E-state index contributed by atoms with van der Waals surface area (Å²) in [5.74, 6) is -0.267. The number of ether oxygens (including phenoxy) is 1. The largest absolute Gasteiger partial charge is 0.479 e. The van der Waals surface area contributed by atoms with Crippen LogP contribution < -0.4 is 15.4 Å². The number of benzene rings is 1. The average molecular weight is 315 g/mol. The Morgan fingerprint density at radius 2 is 2.05 bits per heavy atom. The first-order chi connectivity index (χ1) is 9.85. The van der Waals surface area contributed by atoms with Crippen molar-refractivity contribution in [2.24, 2.45) is 0 Å². The van der Waals surface area contributed by atoms with Crippen LogP contribution in [0.1, 0.15) is 32.4 Å². The van der Waals surface area contributed by atoms with Crippen LogP contribution in [-0.4, -0.2) is 29.7 Å². The summed E-state index contributed by atoms with van der Waals surface area (Å²) >= 11 is 6.03. The van der Waals surface area contributed by atoms with E-state index in [0.717, 1.165) is 0 Å². The molecule has 1 rings (SSSR count). The van der Waals surface area contributed by atoms with Gasteiger partial charge in [0.2, 0.25) is 0 Å². The van der Waals surface area contributed by atoms with E-state index in [1.807, 2.05) is 0 Å². The normalized spacial score (nSPS) is 13.2. The van der Waals surface area contributed by atoms with Gasteiger partial charge in [-0.15, -0.1) is 0 Å². The molecule has 0 fully saturated rings. The van der Waals surface area contributed by atoms with Gasteiger partial charge in [0.1, 0.15) is 5.75 Å². The maximum atomic E-state index is 11.7. The van der Waals surface area contributed by atoms with Crippen molar-refractivity contribution in [3.8, 4) is 5.75 Å². The maximum Gasteiger partial charge on any atom is 0.321 e. The zero-order valence-corrected chi connectivity index (χ0v) is 12.9. The molecule has 1 aromatic rings. The first-order valence-corrected chi connectivity index (χ1v) is 6.95. The second-order valence-corrected chi connectivity index (χ2v) is 4.88. The molecule has 0 saturated heterocycles. The van der Waals surface area contributed by atoms with Crippen LogP contribution in [0.5, 0.6) is 5.75 Å². The predicted molar refractivity (Wildman–Crippen MR) is 79.4 cm³/mol. The van der Waals surface area contributed by atoms with Gasteiger partial charge in [-0.3, -0.25) is 10.1 Å². The molecule has 6 nitrogen and oxygen atoms in total. The lowest BCUT2D eigenvalue weighted by Crippen LogP contribution is -2.45. The lowest BCUT2D eigenvalue weighted by Gasteiger charge is -2.16. The van der Waals surface area contributed by atoms with E-state index in [-0.39, 0.29) is 5.02 Å². The number of urea groups is 1. The van der Waals surface area contributed by atoms with Crippen molar-refractivity contribution in [3.05, 3.63) is 28.8 Å². The van der Waals surface area contributed by atoms with Crippen LogP contribution in [-0.2, 0) is 4.79 Å². The van der Waals surface area contributed by atoms with Crippen LogP contribution in [0.2, 0.25) is 5.02 Å². The van der Waals surface area contributed by atoms with E-state index < -0.39 is 24.1 Å². The van der Waals surface area contributed by atoms with Crippen LogP contribution in [0.4, 0.5) is 4.79 Å². The topological polar surface area (TPSA) is 87.7 Å². The molecule has 0 aliphatic heterocycles. The molecule has 3 N–H and O–H groups in total. The number of halogens is 1. The molecular formula is C14H19ClN2O4. The van der Waals surface area contributed by atoms with Crippen molar-refractivity contribution in [2.45, 2.75) is 33.0 Å². The number of hydrogen-bond donors (Lipinski definition) is 3. The molecule has 0 saturated carbocycles. The number of nitrogens with one attached hydrogen (secondary N) is 2. The average Bonchev–Trinajstić information content (AvgIpc) is 2.40. The highest BCUT2D eigenvalue weighted by molar-refractivity contribution is 6.32. The fourth-order valence-electron chi connectivity index (χ4n) is 1.53. The van der Waals surface area contributed by atoms with Crippen molar-refractivity contribution in [2.75, 3.05) is 6.54 Å². The van der Waals surface area contributed by atoms with Gasteiger partial charge in [0, 0.05) is 6.54 Å². The molecule has 0 aliphatic carbocycles. The van der Waals surface area contributed by atoms with E-state index in [1.54, 1.807) is 32.0 Å². The molecule has 21 heavy (non-hydrogen) atoms. The highest BCUT2D eigenvalue weighted by Gasteiger charge is 2.18. The summed E-state index contributed by atoms with van der Waals surface area (Å²) in [4.78, 5) is 23.0. The zero-order valence-electron chi connectivity index (χ0n) is 12.1. The molecule has 0 aromatic heterocycles. The Morgan fingerprint density at radius 1 is 1.38 bits per heavy atom. The Morgan fingerprint density at radius 3 is 2.57 bits per heavy atom. The van der Waals surface area contributed by atoms with Crippen LogP contribution >= 0.6 is 11.6 Å². The summed E-state index contributed by atoms with van der Waals surface area (Å²) in [6, 6.07) is 4.21. The van der Waals surface area contributed by atoms with E-state index in [4.69, 9.17) is 16.3 Å². The minimum Gasteiger partial charge on any atom is -0.479 e. The quantitative estimate of drug-likeness (QED) is 0.775. The molecule has 1 unspecified atom stereocenters. The van der Waals surface area contributed by atoms with Crippen LogP contribution in [0.3, 0.4) is 0 Å². The summed E-state index contributed by atoms with van der Waals surface area (Å²) in [5.41, 5.74) is 0.645. The van der Waals surface area contributed by atoms with Gasteiger partial charge in [-0.25, -0.2) is 4.79 Å². The minimum atomic E-state index is -0.887. The van der Waals surface area contributed by atoms with Gasteiger partial charge in [-0.2, -0.15) is 0 Å². The van der Waals surface area contributed by atoms with E-state index in [9.17, 15) is 14.7 Å². The Kier molecular flexibility index (Phi) is 6.45. The highest BCUT2D eigenvalue weighted by Crippen LogP contribution is 2.28. The van der Waals surface area contributed by atoms with Gasteiger partial charge in [-0.05, 0) is 38.5 Å². The third kappa shape index (κ3) is 5.24. The van der Waals surface area contributed by atoms with Crippen molar-refractivity contribution in [1.82, 2.24) is 10.6 Å². The second-order valence-electron chi connectivity index (χ2n) is 4.47. The lowest BCUT2D eigenvalue weighted by atomic mass is 10.1. The number of imide groups is 1. The van der Waals surface area contributed by atoms with E-state index in [0.29, 0.717) is 17.9 Å². The summed E-state index contributed by atoms with van der Waals surface area (Å²) in [6.07, 6.45) is -1.53. The number of rotatable bonds is 5. The molecule has 1 aromatic carbocycles. The number of aliphatic hydroxyl groups excluding tert-OH is 1. The number of aliphatic hydroxyl groups is 1. The lowest BCUT2D eigenvalue weighted by molar-refractivity contribution is -0.126. The molecule has 0 heterocycles. The molecule has 7 heteroatoms. The number of hydrogen-bond acceptors (Lipinski definition) is 4. The van der Waals surface area contributed by atoms with E-state index in [1.165, 1.54) is 6.92 Å². The number of carbonyl (C=O) groups is 2. The summed E-state index contributed by atoms with van der Waals surface area (Å²) in [7, 11) is 0. The van der Waals surface area contributed by atoms with Gasteiger partial charge in [0.15, 0.2) is 6.10 Å². The fourth-order valence-corrected chi connectivity index (χ4v) is 1.77. The third-order valence-electron chi connectivity index (χ3n) is 2.69. The summed E-state index contributed by atoms with van der Waals surface area (Å²) in [6.45, 7) is 5.29. The van der Waals surface area contributed by atoms with E-state index >= 15 is 0 Å². The van der Waals surface area contributed by atoms with Crippen molar-refractivity contribution in [1.29, 1.82) is 0 Å². The van der Waals surface area contributed by atoms with Crippen LogP contribution in [0.25, 0.3) is 0 Å². The minimum absolute atomic E-state index is 0.283. The zero-order chi connectivity index (χ0) is 16.0. The monoisotopic (exact) mass is 314 g/mol. The Balaban J connectivity index is 2.68. The SMILES string of the molecule is CCNC(=O)NC(=O)C(C)Oc1ccc([C@H](C)O)cc1Cl. The molecule has 0 bridgehead atoms. The second kappa shape index (κ2) is 7.85. The molecule has 2 atom stereocenters. The molecule has 3 amide bonds. The van der Waals surface area contributed by atoms with Gasteiger partial charge < -0.3 is 15.2 Å². The smallest absolute Gasteiger partial charge is 0.321 e. The summed E-state index contributed by atoms with van der Waals surface area (Å²) in [5, 5.41) is 14.3. The Labute approximate surface area is 128 Å². The van der Waals surface area contributed by atoms with Gasteiger partial charge >= 0.3 is 6.03 Å². The maximum absolute atomic E-state index is 11.7. The van der Waals surface area contributed by atoms with Gasteiger partial charge in [0.25, 0.3) is 5.91 Å². The number of amides is 3. The summed E-state index contributed by atoms with van der Waals surface area (Å²) < 4.78 is 5.42. The van der Waals surface area contributed by atoms with Crippen molar-refractivity contribution >= 4 is 23.5 Å². The van der Waals surface area contributed by atoms with Gasteiger partial charge in [-0.1, -0.05) is 17.7 Å². The molecule has 0 aliphatic rings. The highest BCUT2D eigenvalue weighted by atomic mass is 35.5. The van der Waals surface area contributed by atoms with Crippen molar-refractivity contribution in [3.63, 3.8) is 0 Å². The molecule has 0 spiro atoms. The number of carbonyl (C=O) groups excluding carboxylic acids is 2. The van der Waals surface area contributed by atoms with Crippen molar-refractivity contribution < 1.29 is 19.4 Å². The van der Waals surface area contributed by atoms with E-state index in [2.05, 4.69) is 10.6 Å². The van der Waals surface area contributed by atoms with Gasteiger partial charge in [0.05, 0.1) is 11.1 Å². The first-order valence-electron chi connectivity index (χ1n) is 6.58. The Hall–Kier alpha value is -1.79. The first kappa shape index (κ1) is 17.3. The van der Waals surface area contributed by atoms with Crippen LogP contribution in [0.15, 0.2) is 18.2 Å². The molecular weight excluding hydrogens is 296 g/mol. The Bertz CT molecular complexity index is 520. The predicted octanol–water partition coefficient (Wildman–Crippen LogP) is 2.01. The molecule has 116 valence electrons. The standard InChI is InChI=1S/C14H19ClN2O4/c1-4-16-14(20)17-13(19)9(3)21-12-6-5-10(8(2)18)7-11(12)15/h5-9,18H,4H2,1-3H3,(H2,16,17,19,20)/t8-,9?/m0/s1. The third-order valence-corrected chi connectivity index (χ3v) is 2.98. The fraction of sp³-hybridized carbons (Fsp3) is 0.429. The molecule has 0 radical (unpaired) electrons. The van der Waals surface area contributed by atoms with Crippen LogP contribution in [0, 0.1) is 0 Å².